The zero-order valence-electron chi connectivity index (χ0n) is 15.1. The first-order chi connectivity index (χ1) is 13.2. The summed E-state index contributed by atoms with van der Waals surface area (Å²) >= 11 is 6.32. The summed E-state index contributed by atoms with van der Waals surface area (Å²) in [5.41, 5.74) is 1.90. The second kappa shape index (κ2) is 9.34. The lowest BCUT2D eigenvalue weighted by atomic mass is 10.2. The van der Waals surface area contributed by atoms with Crippen molar-refractivity contribution in [3.63, 3.8) is 0 Å². The molecule has 0 saturated heterocycles. The van der Waals surface area contributed by atoms with E-state index in [0.717, 1.165) is 30.9 Å². The molecule has 27 heavy (non-hydrogen) atoms. The van der Waals surface area contributed by atoms with Gasteiger partial charge >= 0.3 is 5.97 Å². The third-order valence-corrected chi connectivity index (χ3v) is 4.39. The number of nitrogens with zero attached hydrogens (tertiary/aromatic N) is 4. The summed E-state index contributed by atoms with van der Waals surface area (Å²) in [6, 6.07) is 7.41. The number of aryl methyl sites for hydroxylation is 1. The number of nitrogens with one attached hydrogen (secondary N) is 1. The lowest BCUT2D eigenvalue weighted by Gasteiger charge is -2.12. The summed E-state index contributed by atoms with van der Waals surface area (Å²) in [5, 5.41) is 8.31. The van der Waals surface area contributed by atoms with Crippen LogP contribution in [-0.4, -0.2) is 38.5 Å². The minimum Gasteiger partial charge on any atom is -0.462 e. The third-order valence-electron chi connectivity index (χ3n) is 4.07. The van der Waals surface area contributed by atoms with Gasteiger partial charge in [0.2, 0.25) is 0 Å². The van der Waals surface area contributed by atoms with Crippen LogP contribution in [0.4, 0.5) is 0 Å². The van der Waals surface area contributed by atoms with Crippen molar-refractivity contribution in [1.29, 1.82) is 0 Å². The fraction of sp³-hybridized carbons (Fsp3) is 0.316. The number of carbonyl (C=O) groups is 1. The zero-order valence-corrected chi connectivity index (χ0v) is 15.9. The highest BCUT2D eigenvalue weighted by Gasteiger charge is 2.20. The van der Waals surface area contributed by atoms with Crippen LogP contribution in [0.5, 0.6) is 0 Å². The number of para-hydroxylation sites is 1. The highest BCUT2D eigenvalue weighted by atomic mass is 35.5. The number of hydrogen-bond donors (Lipinski definition) is 1. The Labute approximate surface area is 162 Å². The maximum atomic E-state index is 12.3. The van der Waals surface area contributed by atoms with Gasteiger partial charge in [-0.2, -0.15) is 5.10 Å². The molecular formula is C19H22ClN5O2. The van der Waals surface area contributed by atoms with Gasteiger partial charge in [0.1, 0.15) is 5.56 Å². The van der Waals surface area contributed by atoms with E-state index in [2.05, 4.69) is 15.4 Å². The van der Waals surface area contributed by atoms with Gasteiger partial charge < -0.3 is 14.6 Å². The summed E-state index contributed by atoms with van der Waals surface area (Å²) < 4.78 is 8.88. The van der Waals surface area contributed by atoms with Crippen molar-refractivity contribution in [3.05, 3.63) is 65.5 Å². The summed E-state index contributed by atoms with van der Waals surface area (Å²) in [6.45, 7) is 4.23. The van der Waals surface area contributed by atoms with Gasteiger partial charge in [-0.1, -0.05) is 23.7 Å². The van der Waals surface area contributed by atoms with Gasteiger partial charge in [0.15, 0.2) is 0 Å². The Kier molecular flexibility index (Phi) is 6.62. The Morgan fingerprint density at radius 3 is 2.93 bits per heavy atom. The van der Waals surface area contributed by atoms with E-state index in [4.69, 9.17) is 16.3 Å². The van der Waals surface area contributed by atoms with Crippen molar-refractivity contribution in [2.45, 2.75) is 26.4 Å². The molecule has 0 bridgehead atoms. The summed E-state index contributed by atoms with van der Waals surface area (Å²) in [5.74, 6) is -0.383. The van der Waals surface area contributed by atoms with Gasteiger partial charge in [-0.05, 0) is 32.0 Å². The van der Waals surface area contributed by atoms with Crippen LogP contribution in [-0.2, 0) is 17.8 Å². The molecule has 0 amide bonds. The lowest BCUT2D eigenvalue weighted by Crippen LogP contribution is -2.21. The molecule has 3 rings (SSSR count). The maximum absolute atomic E-state index is 12.3. The largest absolute Gasteiger partial charge is 0.462 e. The van der Waals surface area contributed by atoms with Gasteiger partial charge in [0, 0.05) is 25.5 Å². The van der Waals surface area contributed by atoms with Crippen molar-refractivity contribution in [2.75, 3.05) is 13.2 Å². The van der Waals surface area contributed by atoms with Gasteiger partial charge in [-0.25, -0.2) is 14.5 Å². The Morgan fingerprint density at radius 1 is 1.33 bits per heavy atom. The van der Waals surface area contributed by atoms with Crippen LogP contribution in [0.25, 0.3) is 5.69 Å². The van der Waals surface area contributed by atoms with Gasteiger partial charge in [0.25, 0.3) is 0 Å². The van der Waals surface area contributed by atoms with E-state index in [1.807, 2.05) is 29.0 Å². The maximum Gasteiger partial charge on any atom is 0.341 e. The first kappa shape index (κ1) is 19.1. The van der Waals surface area contributed by atoms with Crippen LogP contribution in [0.1, 0.15) is 29.4 Å². The second-order valence-electron chi connectivity index (χ2n) is 5.92. The number of esters is 1. The highest BCUT2D eigenvalue weighted by molar-refractivity contribution is 6.32. The molecule has 7 nitrogen and oxygen atoms in total. The Balaban J connectivity index is 1.73. The molecule has 8 heteroatoms. The fourth-order valence-corrected chi connectivity index (χ4v) is 2.98. The van der Waals surface area contributed by atoms with E-state index in [9.17, 15) is 4.79 Å². The number of ether oxygens (including phenoxy) is 1. The van der Waals surface area contributed by atoms with Crippen molar-refractivity contribution >= 4 is 17.6 Å². The molecule has 142 valence electrons. The highest BCUT2D eigenvalue weighted by Crippen LogP contribution is 2.23. The Bertz CT molecular complexity index is 876. The third kappa shape index (κ3) is 4.75. The summed E-state index contributed by atoms with van der Waals surface area (Å²) in [4.78, 5) is 16.3. The standard InChI is InChI=1S/C19H22ClN5O2/c1-2-27-19(26)15-12-23-25(17-7-4-3-6-16(17)20)18(15)13-21-8-5-10-24-11-9-22-14-24/h3-4,6-7,9,11-12,14,21H,2,5,8,10,13H2,1H3. The van der Waals surface area contributed by atoms with E-state index in [1.54, 1.807) is 30.2 Å². The predicted molar refractivity (Wildman–Crippen MR) is 103 cm³/mol. The zero-order chi connectivity index (χ0) is 19.1. The van der Waals surface area contributed by atoms with Gasteiger partial charge in [0.05, 0.1) is 35.5 Å². The summed E-state index contributed by atoms with van der Waals surface area (Å²) in [6.07, 6.45) is 7.97. The van der Waals surface area contributed by atoms with E-state index in [0.29, 0.717) is 23.7 Å². The number of rotatable bonds is 9. The lowest BCUT2D eigenvalue weighted by molar-refractivity contribution is 0.0525. The SMILES string of the molecule is CCOC(=O)c1cnn(-c2ccccc2Cl)c1CNCCCn1ccnc1. The average molecular weight is 388 g/mol. The number of benzene rings is 1. The molecule has 0 radical (unpaired) electrons. The minimum absolute atomic E-state index is 0.313. The molecule has 0 aliphatic rings. The molecule has 2 aromatic heterocycles. The van der Waals surface area contributed by atoms with Crippen molar-refractivity contribution in [1.82, 2.24) is 24.6 Å². The number of hydrogen-bond acceptors (Lipinski definition) is 5. The Morgan fingerprint density at radius 2 is 2.19 bits per heavy atom. The molecule has 0 atom stereocenters. The van der Waals surface area contributed by atoms with Crippen LogP contribution in [0, 0.1) is 0 Å². The molecule has 3 aromatic rings. The molecule has 0 aliphatic carbocycles. The minimum atomic E-state index is -0.383. The van der Waals surface area contributed by atoms with Gasteiger partial charge in [-0.3, -0.25) is 0 Å². The molecule has 0 unspecified atom stereocenters. The van der Waals surface area contributed by atoms with Crippen LogP contribution < -0.4 is 5.32 Å². The summed E-state index contributed by atoms with van der Waals surface area (Å²) in [7, 11) is 0. The van der Waals surface area contributed by atoms with Crippen molar-refractivity contribution in [2.24, 2.45) is 0 Å². The molecule has 0 fully saturated rings. The molecular weight excluding hydrogens is 366 g/mol. The number of carbonyl (C=O) groups excluding carboxylic acids is 1. The van der Waals surface area contributed by atoms with Crippen LogP contribution >= 0.6 is 11.6 Å². The average Bonchev–Trinajstić information content (AvgIpc) is 3.32. The molecule has 1 N–H and O–H groups in total. The topological polar surface area (TPSA) is 74.0 Å². The van der Waals surface area contributed by atoms with E-state index >= 15 is 0 Å². The van der Waals surface area contributed by atoms with E-state index < -0.39 is 0 Å². The first-order valence-electron chi connectivity index (χ1n) is 8.86. The van der Waals surface area contributed by atoms with Crippen LogP contribution in [0.2, 0.25) is 5.02 Å². The molecule has 1 aromatic carbocycles. The van der Waals surface area contributed by atoms with Crippen molar-refractivity contribution in [3.8, 4) is 5.69 Å². The number of halogens is 1. The monoisotopic (exact) mass is 387 g/mol. The van der Waals surface area contributed by atoms with E-state index in [1.165, 1.54) is 6.20 Å². The fourth-order valence-electron chi connectivity index (χ4n) is 2.77. The van der Waals surface area contributed by atoms with Crippen molar-refractivity contribution < 1.29 is 9.53 Å². The number of imidazole rings is 1. The quantitative estimate of drug-likeness (QED) is 0.451. The van der Waals surface area contributed by atoms with Crippen LogP contribution in [0.3, 0.4) is 0 Å². The molecule has 0 aliphatic heterocycles. The second-order valence-corrected chi connectivity index (χ2v) is 6.33. The Hall–Kier alpha value is -2.64. The smallest absolute Gasteiger partial charge is 0.341 e. The van der Waals surface area contributed by atoms with Gasteiger partial charge in [-0.15, -0.1) is 0 Å². The molecule has 0 saturated carbocycles. The normalized spacial score (nSPS) is 10.9. The first-order valence-corrected chi connectivity index (χ1v) is 9.24. The number of aromatic nitrogens is 4. The molecule has 2 heterocycles. The van der Waals surface area contributed by atoms with Crippen LogP contribution in [0.15, 0.2) is 49.2 Å². The predicted octanol–water partition coefficient (Wildman–Crippen LogP) is 3.08. The molecule has 0 spiro atoms. The van der Waals surface area contributed by atoms with E-state index in [-0.39, 0.29) is 5.97 Å².